The molecule has 0 aromatic carbocycles. The molecule has 0 aliphatic carbocycles. The lowest BCUT2D eigenvalue weighted by atomic mass is 10.4. The zero-order valence-corrected chi connectivity index (χ0v) is 11.0. The lowest BCUT2D eigenvalue weighted by Gasteiger charge is -2.15. The van der Waals surface area contributed by atoms with Gasteiger partial charge in [-0.2, -0.15) is 12.6 Å². The zero-order chi connectivity index (χ0) is 12.6. The summed E-state index contributed by atoms with van der Waals surface area (Å²) in [6.45, 7) is 0.464. The van der Waals surface area contributed by atoms with E-state index in [2.05, 4.69) is 33.5 Å². The Morgan fingerprint density at radius 1 is 1.65 bits per heavy atom. The van der Waals surface area contributed by atoms with Crippen molar-refractivity contribution < 1.29 is 9.72 Å². The second kappa shape index (κ2) is 4.61. The fraction of sp³-hybridized carbons (Fsp3) is 0.333. The molecule has 1 saturated heterocycles. The number of carbonyl (C=O) groups is 1. The Hall–Kier alpha value is -1.15. The first-order valence-corrected chi connectivity index (χ1v) is 6.08. The molecule has 0 N–H and O–H groups in total. The number of aromatic nitrogens is 1. The van der Waals surface area contributed by atoms with E-state index in [1.165, 1.54) is 11.0 Å². The predicted molar refractivity (Wildman–Crippen MR) is 68.3 cm³/mol. The molecule has 1 aromatic heterocycles. The van der Waals surface area contributed by atoms with Crippen LogP contribution in [-0.2, 0) is 4.79 Å². The number of rotatable bonds is 2. The monoisotopic (exact) mass is 317 g/mol. The van der Waals surface area contributed by atoms with E-state index in [-0.39, 0.29) is 16.8 Å². The third-order valence-corrected chi connectivity index (χ3v) is 3.31. The maximum Gasteiger partial charge on any atom is 0.288 e. The van der Waals surface area contributed by atoms with Crippen LogP contribution in [0.5, 0.6) is 0 Å². The van der Waals surface area contributed by atoms with Crippen molar-refractivity contribution in [2.75, 3.05) is 11.4 Å². The van der Waals surface area contributed by atoms with Crippen LogP contribution in [-0.4, -0.2) is 27.6 Å². The van der Waals surface area contributed by atoms with Crippen molar-refractivity contribution in [1.82, 2.24) is 4.98 Å². The van der Waals surface area contributed by atoms with E-state index in [9.17, 15) is 14.9 Å². The van der Waals surface area contributed by atoms with Gasteiger partial charge in [0.2, 0.25) is 5.91 Å². The topological polar surface area (TPSA) is 76.3 Å². The largest absolute Gasteiger partial charge is 0.295 e. The van der Waals surface area contributed by atoms with E-state index < -0.39 is 4.92 Å². The third-order valence-electron chi connectivity index (χ3n) is 2.38. The summed E-state index contributed by atoms with van der Waals surface area (Å²) in [5.74, 6) is 0.323. The molecule has 90 valence electrons. The number of amides is 1. The summed E-state index contributed by atoms with van der Waals surface area (Å²) in [5, 5.41) is 10.5. The molecule has 0 bridgehead atoms. The molecular formula is C9H8BrN3O3S. The van der Waals surface area contributed by atoms with Gasteiger partial charge in [-0.1, -0.05) is 0 Å². The maximum atomic E-state index is 11.6. The second-order valence-corrected chi connectivity index (χ2v) is 5.20. The molecule has 0 saturated carbocycles. The van der Waals surface area contributed by atoms with E-state index >= 15 is 0 Å². The summed E-state index contributed by atoms with van der Waals surface area (Å²) in [6, 6.07) is 1.33. The van der Waals surface area contributed by atoms with E-state index in [0.29, 0.717) is 23.3 Å². The zero-order valence-electron chi connectivity index (χ0n) is 8.54. The Labute approximate surface area is 111 Å². The minimum Gasteiger partial charge on any atom is -0.295 e. The van der Waals surface area contributed by atoms with Crippen LogP contribution in [0.4, 0.5) is 11.5 Å². The molecular weight excluding hydrogens is 310 g/mol. The van der Waals surface area contributed by atoms with Gasteiger partial charge in [-0.3, -0.25) is 19.8 Å². The predicted octanol–water partition coefficient (Wildman–Crippen LogP) is 1.79. The number of thiol groups is 1. The Morgan fingerprint density at radius 3 is 2.82 bits per heavy atom. The highest BCUT2D eigenvalue weighted by Gasteiger charge is 2.30. The van der Waals surface area contributed by atoms with Crippen LogP contribution in [0.2, 0.25) is 0 Å². The van der Waals surface area contributed by atoms with Crippen molar-refractivity contribution in [2.24, 2.45) is 0 Å². The first-order chi connectivity index (χ1) is 7.99. The number of pyridine rings is 1. The summed E-state index contributed by atoms with van der Waals surface area (Å²) in [4.78, 5) is 27.1. The van der Waals surface area contributed by atoms with E-state index in [1.807, 2.05) is 0 Å². The van der Waals surface area contributed by atoms with Crippen molar-refractivity contribution >= 4 is 46.0 Å². The van der Waals surface area contributed by atoms with Gasteiger partial charge in [0.15, 0.2) is 0 Å². The second-order valence-electron chi connectivity index (χ2n) is 3.62. The van der Waals surface area contributed by atoms with E-state index in [0.717, 1.165) is 6.20 Å². The van der Waals surface area contributed by atoms with Crippen LogP contribution in [0.3, 0.4) is 0 Å². The minimum atomic E-state index is -0.533. The highest BCUT2D eigenvalue weighted by Crippen LogP contribution is 2.31. The number of hydrogen-bond donors (Lipinski definition) is 1. The minimum absolute atomic E-state index is 0.0219. The molecule has 1 fully saturated rings. The highest BCUT2D eigenvalue weighted by atomic mass is 79.9. The van der Waals surface area contributed by atoms with Gasteiger partial charge in [-0.15, -0.1) is 0 Å². The standard InChI is InChI=1S/C9H8BrN3O3S/c10-7-1-5(13(15)16)3-11-9(7)12-4-6(17)2-8(12)14/h1,3,6,17H,2,4H2. The van der Waals surface area contributed by atoms with Crippen LogP contribution in [0.15, 0.2) is 16.7 Å². The number of halogens is 1. The summed E-state index contributed by atoms with van der Waals surface area (Å²) in [7, 11) is 0. The first kappa shape index (κ1) is 12.3. The average Bonchev–Trinajstić information content (AvgIpc) is 2.57. The molecule has 0 radical (unpaired) electrons. The molecule has 1 aliphatic rings. The number of anilines is 1. The van der Waals surface area contributed by atoms with Gasteiger partial charge in [-0.05, 0) is 15.9 Å². The van der Waals surface area contributed by atoms with Gasteiger partial charge < -0.3 is 0 Å². The molecule has 2 heterocycles. The fourth-order valence-electron chi connectivity index (χ4n) is 1.61. The molecule has 1 atom stereocenters. The lowest BCUT2D eigenvalue weighted by Crippen LogP contribution is -2.26. The van der Waals surface area contributed by atoms with Gasteiger partial charge in [-0.25, -0.2) is 4.98 Å². The van der Waals surface area contributed by atoms with Crippen molar-refractivity contribution in [1.29, 1.82) is 0 Å². The van der Waals surface area contributed by atoms with Gasteiger partial charge in [0.05, 0.1) is 9.40 Å². The summed E-state index contributed by atoms with van der Waals surface area (Å²) >= 11 is 7.42. The lowest BCUT2D eigenvalue weighted by molar-refractivity contribution is -0.385. The number of nitro groups is 1. The average molecular weight is 318 g/mol. The Morgan fingerprint density at radius 2 is 2.35 bits per heavy atom. The molecule has 1 aliphatic heterocycles. The van der Waals surface area contributed by atoms with Crippen LogP contribution < -0.4 is 4.90 Å². The van der Waals surface area contributed by atoms with Crippen LogP contribution >= 0.6 is 28.6 Å². The summed E-state index contributed by atoms with van der Waals surface area (Å²) in [5.41, 5.74) is -0.116. The van der Waals surface area contributed by atoms with Crippen molar-refractivity contribution in [3.8, 4) is 0 Å². The quantitative estimate of drug-likeness (QED) is 0.512. The van der Waals surface area contributed by atoms with E-state index in [4.69, 9.17) is 0 Å². The molecule has 6 nitrogen and oxygen atoms in total. The van der Waals surface area contributed by atoms with Crippen LogP contribution in [0.1, 0.15) is 6.42 Å². The summed E-state index contributed by atoms with van der Waals surface area (Å²) in [6.07, 6.45) is 1.49. The number of nitrogens with zero attached hydrogens (tertiary/aromatic N) is 3. The summed E-state index contributed by atoms with van der Waals surface area (Å²) < 4.78 is 0.433. The SMILES string of the molecule is O=C1CC(S)CN1c1ncc([N+](=O)[O-])cc1Br. The Bertz CT molecular complexity index is 496. The van der Waals surface area contributed by atoms with Gasteiger partial charge in [0.1, 0.15) is 12.0 Å². The first-order valence-electron chi connectivity index (χ1n) is 4.77. The molecule has 1 amide bonds. The molecule has 1 unspecified atom stereocenters. The normalized spacial score (nSPS) is 19.8. The van der Waals surface area contributed by atoms with Crippen molar-refractivity contribution in [3.63, 3.8) is 0 Å². The highest BCUT2D eigenvalue weighted by molar-refractivity contribution is 9.10. The number of carbonyl (C=O) groups excluding carboxylic acids is 1. The Balaban J connectivity index is 2.34. The van der Waals surface area contributed by atoms with Gasteiger partial charge in [0, 0.05) is 24.3 Å². The van der Waals surface area contributed by atoms with Crippen LogP contribution in [0.25, 0.3) is 0 Å². The van der Waals surface area contributed by atoms with Gasteiger partial charge in [0.25, 0.3) is 5.69 Å². The molecule has 17 heavy (non-hydrogen) atoms. The van der Waals surface area contributed by atoms with E-state index in [1.54, 1.807) is 0 Å². The van der Waals surface area contributed by atoms with Crippen molar-refractivity contribution in [3.05, 3.63) is 26.9 Å². The van der Waals surface area contributed by atoms with Crippen LogP contribution in [0, 0.1) is 10.1 Å². The van der Waals surface area contributed by atoms with Crippen molar-refractivity contribution in [2.45, 2.75) is 11.7 Å². The molecule has 0 spiro atoms. The molecule has 2 rings (SSSR count). The third kappa shape index (κ3) is 2.42. The van der Waals surface area contributed by atoms with Gasteiger partial charge >= 0.3 is 0 Å². The fourth-order valence-corrected chi connectivity index (χ4v) is 2.48. The Kier molecular flexibility index (Phi) is 3.34. The molecule has 1 aromatic rings. The molecule has 8 heteroatoms. The number of hydrogen-bond acceptors (Lipinski definition) is 5. The maximum absolute atomic E-state index is 11.6. The smallest absolute Gasteiger partial charge is 0.288 e.